The van der Waals surface area contributed by atoms with Gasteiger partial charge in [-0.25, -0.2) is 4.98 Å². The van der Waals surface area contributed by atoms with Crippen LogP contribution in [0.1, 0.15) is 11.3 Å². The first kappa shape index (κ1) is 12.4. The molecule has 0 amide bonds. The van der Waals surface area contributed by atoms with Crippen molar-refractivity contribution in [2.45, 2.75) is 6.42 Å². The second kappa shape index (κ2) is 5.51. The van der Waals surface area contributed by atoms with Crippen molar-refractivity contribution in [2.75, 3.05) is 19.5 Å². The van der Waals surface area contributed by atoms with Gasteiger partial charge in [-0.05, 0) is 33.6 Å². The van der Waals surface area contributed by atoms with Gasteiger partial charge < -0.3 is 10.1 Å². The van der Waals surface area contributed by atoms with Crippen molar-refractivity contribution >= 4 is 32.4 Å². The summed E-state index contributed by atoms with van der Waals surface area (Å²) in [5.74, 6) is 0.877. The van der Waals surface area contributed by atoms with Gasteiger partial charge in [0.15, 0.2) is 5.13 Å². The van der Waals surface area contributed by atoms with Crippen molar-refractivity contribution in [3.05, 3.63) is 39.3 Å². The molecule has 2 rings (SSSR count). The monoisotopic (exact) mass is 312 g/mol. The minimum atomic E-state index is 0.802. The van der Waals surface area contributed by atoms with Gasteiger partial charge in [-0.1, -0.05) is 23.5 Å². The van der Waals surface area contributed by atoms with E-state index < -0.39 is 0 Å². The number of methoxy groups -OCH3 is 1. The average molecular weight is 313 g/mol. The third-order valence-electron chi connectivity index (χ3n) is 2.37. The molecule has 0 radical (unpaired) electrons. The standard InChI is InChI=1S/C12H13BrN2OS/c1-14-12-15-10(11(13)17-12)7-8-4-3-5-9(6-8)16-2/h3-6H,7H2,1-2H3,(H,14,15). The lowest BCUT2D eigenvalue weighted by Gasteiger charge is -2.03. The molecular weight excluding hydrogens is 300 g/mol. The van der Waals surface area contributed by atoms with Crippen LogP contribution in [0.5, 0.6) is 5.75 Å². The van der Waals surface area contributed by atoms with Crippen LogP contribution in [0, 0.1) is 0 Å². The zero-order valence-corrected chi connectivity index (χ0v) is 12.1. The Labute approximate surface area is 113 Å². The van der Waals surface area contributed by atoms with Crippen LogP contribution in [0.4, 0.5) is 5.13 Å². The lowest BCUT2D eigenvalue weighted by atomic mass is 10.1. The van der Waals surface area contributed by atoms with Crippen molar-refractivity contribution in [2.24, 2.45) is 0 Å². The van der Waals surface area contributed by atoms with Gasteiger partial charge in [0.25, 0.3) is 0 Å². The van der Waals surface area contributed by atoms with E-state index in [1.165, 1.54) is 5.56 Å². The fourth-order valence-electron chi connectivity index (χ4n) is 1.52. The Morgan fingerprint density at radius 1 is 1.47 bits per heavy atom. The molecule has 1 N–H and O–H groups in total. The predicted octanol–water partition coefficient (Wildman–Crippen LogP) is 3.55. The maximum Gasteiger partial charge on any atom is 0.183 e. The molecule has 0 unspecified atom stereocenters. The fraction of sp³-hybridized carbons (Fsp3) is 0.250. The number of nitrogens with one attached hydrogen (secondary N) is 1. The molecule has 90 valence electrons. The van der Waals surface area contributed by atoms with Crippen molar-refractivity contribution < 1.29 is 4.74 Å². The first-order chi connectivity index (χ1) is 8.22. The first-order valence-electron chi connectivity index (χ1n) is 5.19. The molecule has 17 heavy (non-hydrogen) atoms. The Morgan fingerprint density at radius 3 is 2.94 bits per heavy atom. The molecule has 0 fully saturated rings. The van der Waals surface area contributed by atoms with Crippen LogP contribution in [0.2, 0.25) is 0 Å². The number of ether oxygens (including phenoxy) is 1. The SMILES string of the molecule is CNc1nc(Cc2cccc(OC)c2)c(Br)s1. The van der Waals surface area contributed by atoms with E-state index in [9.17, 15) is 0 Å². The highest BCUT2D eigenvalue weighted by molar-refractivity contribution is 9.11. The van der Waals surface area contributed by atoms with E-state index in [0.717, 1.165) is 26.8 Å². The number of hydrogen-bond donors (Lipinski definition) is 1. The van der Waals surface area contributed by atoms with Gasteiger partial charge in [-0.3, -0.25) is 0 Å². The van der Waals surface area contributed by atoms with Gasteiger partial charge >= 0.3 is 0 Å². The largest absolute Gasteiger partial charge is 0.497 e. The summed E-state index contributed by atoms with van der Waals surface area (Å²) >= 11 is 5.14. The van der Waals surface area contributed by atoms with Gasteiger partial charge in [-0.2, -0.15) is 0 Å². The van der Waals surface area contributed by atoms with Gasteiger partial charge in [-0.15, -0.1) is 0 Å². The molecule has 1 aromatic carbocycles. The molecule has 0 bridgehead atoms. The molecule has 1 heterocycles. The molecule has 2 aromatic rings. The summed E-state index contributed by atoms with van der Waals surface area (Å²) < 4.78 is 6.28. The predicted molar refractivity (Wildman–Crippen MR) is 75.2 cm³/mol. The van der Waals surface area contributed by atoms with Crippen LogP contribution in [0.15, 0.2) is 28.1 Å². The van der Waals surface area contributed by atoms with E-state index in [1.54, 1.807) is 18.4 Å². The van der Waals surface area contributed by atoms with Crippen LogP contribution in [-0.4, -0.2) is 19.1 Å². The smallest absolute Gasteiger partial charge is 0.183 e. The number of anilines is 1. The maximum atomic E-state index is 5.21. The Bertz CT molecular complexity index is 513. The highest BCUT2D eigenvalue weighted by Gasteiger charge is 2.09. The summed E-state index contributed by atoms with van der Waals surface area (Å²) in [7, 11) is 3.55. The van der Waals surface area contributed by atoms with Gasteiger partial charge in [0.05, 0.1) is 16.6 Å². The van der Waals surface area contributed by atoms with Crippen molar-refractivity contribution in [1.29, 1.82) is 0 Å². The minimum Gasteiger partial charge on any atom is -0.497 e. The van der Waals surface area contributed by atoms with Crippen molar-refractivity contribution in [1.82, 2.24) is 4.98 Å². The molecule has 0 aliphatic heterocycles. The maximum absolute atomic E-state index is 5.21. The molecule has 0 atom stereocenters. The van der Waals surface area contributed by atoms with Crippen LogP contribution >= 0.6 is 27.3 Å². The van der Waals surface area contributed by atoms with E-state index in [4.69, 9.17) is 4.74 Å². The second-order valence-corrected chi connectivity index (χ2v) is 5.83. The lowest BCUT2D eigenvalue weighted by molar-refractivity contribution is 0.414. The number of thiazole rings is 1. The fourth-order valence-corrected chi connectivity index (χ4v) is 2.88. The zero-order chi connectivity index (χ0) is 12.3. The molecule has 0 saturated heterocycles. The Morgan fingerprint density at radius 2 is 2.29 bits per heavy atom. The number of aromatic nitrogens is 1. The quantitative estimate of drug-likeness (QED) is 0.937. The second-order valence-electron chi connectivity index (χ2n) is 3.52. The Kier molecular flexibility index (Phi) is 4.02. The Balaban J connectivity index is 2.21. The normalized spacial score (nSPS) is 10.3. The Hall–Kier alpha value is -1.07. The molecular formula is C12H13BrN2OS. The number of rotatable bonds is 4. The third kappa shape index (κ3) is 2.98. The van der Waals surface area contributed by atoms with Gasteiger partial charge in [0, 0.05) is 13.5 Å². The summed E-state index contributed by atoms with van der Waals surface area (Å²) in [5, 5.41) is 3.97. The zero-order valence-electron chi connectivity index (χ0n) is 9.66. The van der Waals surface area contributed by atoms with E-state index in [1.807, 2.05) is 25.2 Å². The molecule has 5 heteroatoms. The number of nitrogens with zero attached hydrogens (tertiary/aromatic N) is 1. The molecule has 0 spiro atoms. The molecule has 1 aromatic heterocycles. The summed E-state index contributed by atoms with van der Waals surface area (Å²) in [6.45, 7) is 0. The average Bonchev–Trinajstić information content (AvgIpc) is 2.70. The van der Waals surface area contributed by atoms with E-state index in [-0.39, 0.29) is 0 Å². The topological polar surface area (TPSA) is 34.2 Å². The number of hydrogen-bond acceptors (Lipinski definition) is 4. The highest BCUT2D eigenvalue weighted by Crippen LogP contribution is 2.30. The summed E-state index contributed by atoms with van der Waals surface area (Å²) in [4.78, 5) is 4.50. The number of halogens is 1. The van der Waals surface area contributed by atoms with Crippen molar-refractivity contribution in [3.63, 3.8) is 0 Å². The van der Waals surface area contributed by atoms with Gasteiger partial charge in [0.2, 0.25) is 0 Å². The van der Waals surface area contributed by atoms with E-state index >= 15 is 0 Å². The van der Waals surface area contributed by atoms with E-state index in [2.05, 4.69) is 32.3 Å². The molecule has 0 aliphatic carbocycles. The molecule has 3 nitrogen and oxygen atoms in total. The van der Waals surface area contributed by atoms with Crippen LogP contribution in [0.3, 0.4) is 0 Å². The minimum absolute atomic E-state index is 0.802. The summed E-state index contributed by atoms with van der Waals surface area (Å²) in [6.07, 6.45) is 0.802. The van der Waals surface area contributed by atoms with E-state index in [0.29, 0.717) is 0 Å². The van der Waals surface area contributed by atoms with Gasteiger partial charge in [0.1, 0.15) is 5.75 Å². The first-order valence-corrected chi connectivity index (χ1v) is 6.79. The summed E-state index contributed by atoms with van der Waals surface area (Å²) in [5.41, 5.74) is 2.24. The third-order valence-corrected chi connectivity index (χ3v) is 4.22. The molecule has 0 aliphatic rings. The molecule has 0 saturated carbocycles. The van der Waals surface area contributed by atoms with Crippen LogP contribution in [-0.2, 0) is 6.42 Å². The lowest BCUT2D eigenvalue weighted by Crippen LogP contribution is -1.92. The summed E-state index contributed by atoms with van der Waals surface area (Å²) in [6, 6.07) is 8.05. The van der Waals surface area contributed by atoms with Crippen molar-refractivity contribution in [3.8, 4) is 5.75 Å². The van der Waals surface area contributed by atoms with Crippen LogP contribution < -0.4 is 10.1 Å². The highest BCUT2D eigenvalue weighted by atomic mass is 79.9. The number of benzene rings is 1. The van der Waals surface area contributed by atoms with Crippen LogP contribution in [0.25, 0.3) is 0 Å².